The summed E-state index contributed by atoms with van der Waals surface area (Å²) in [6.45, 7) is 3.73. The SMILES string of the molecule is CCC=CCC=CCC=CCC=CCC=CCCCC(=O)OCC(=O)NCCSC(C)=O. The molecule has 0 aliphatic carbocycles. The Kier molecular flexibility index (Phi) is 21.6. The highest BCUT2D eigenvalue weighted by Gasteiger charge is 2.06. The van der Waals surface area contributed by atoms with E-state index in [0.29, 0.717) is 25.1 Å². The van der Waals surface area contributed by atoms with Crippen LogP contribution in [0.1, 0.15) is 65.2 Å². The summed E-state index contributed by atoms with van der Waals surface area (Å²) in [4.78, 5) is 33.9. The summed E-state index contributed by atoms with van der Waals surface area (Å²) in [5, 5.41) is 2.62. The smallest absolute Gasteiger partial charge is 0.306 e. The Hall–Kier alpha value is -2.34. The van der Waals surface area contributed by atoms with Gasteiger partial charge in [0.05, 0.1) is 0 Å². The molecule has 0 atom stereocenters. The van der Waals surface area contributed by atoms with Crippen molar-refractivity contribution in [1.29, 1.82) is 0 Å². The molecule has 178 valence electrons. The minimum atomic E-state index is -0.370. The number of rotatable bonds is 18. The lowest BCUT2D eigenvalue weighted by atomic mass is 10.2. The molecule has 0 fully saturated rings. The zero-order valence-electron chi connectivity index (χ0n) is 19.6. The fraction of sp³-hybridized carbons (Fsp3) is 0.500. The van der Waals surface area contributed by atoms with Crippen molar-refractivity contribution in [1.82, 2.24) is 5.32 Å². The van der Waals surface area contributed by atoms with Crippen LogP contribution in [0.3, 0.4) is 0 Å². The van der Waals surface area contributed by atoms with E-state index in [9.17, 15) is 14.4 Å². The van der Waals surface area contributed by atoms with Gasteiger partial charge in [-0.1, -0.05) is 79.4 Å². The summed E-state index contributed by atoms with van der Waals surface area (Å²) in [6, 6.07) is 0. The first-order chi connectivity index (χ1) is 15.6. The number of allylic oxidation sites excluding steroid dienone is 10. The molecule has 1 N–H and O–H groups in total. The van der Waals surface area contributed by atoms with Gasteiger partial charge in [-0.05, 0) is 44.9 Å². The zero-order chi connectivity index (χ0) is 23.7. The second-order valence-corrected chi connectivity index (χ2v) is 8.22. The van der Waals surface area contributed by atoms with Gasteiger partial charge in [0.25, 0.3) is 5.91 Å². The predicted molar refractivity (Wildman–Crippen MR) is 135 cm³/mol. The third-order valence-corrected chi connectivity index (χ3v) is 4.82. The summed E-state index contributed by atoms with van der Waals surface area (Å²) in [7, 11) is 0. The van der Waals surface area contributed by atoms with Gasteiger partial charge in [0.15, 0.2) is 11.7 Å². The molecule has 0 radical (unpaired) electrons. The molecule has 0 saturated heterocycles. The Bertz CT molecular complexity index is 663. The van der Waals surface area contributed by atoms with Crippen LogP contribution in [0, 0.1) is 0 Å². The van der Waals surface area contributed by atoms with Crippen LogP contribution in [0.15, 0.2) is 60.8 Å². The van der Waals surface area contributed by atoms with Crippen LogP contribution in [0.5, 0.6) is 0 Å². The molecule has 1 amide bonds. The minimum absolute atomic E-state index is 0.0122. The van der Waals surface area contributed by atoms with Crippen LogP contribution in [0.2, 0.25) is 0 Å². The van der Waals surface area contributed by atoms with E-state index in [1.807, 2.05) is 0 Å². The zero-order valence-corrected chi connectivity index (χ0v) is 20.4. The van der Waals surface area contributed by atoms with Crippen molar-refractivity contribution in [3.05, 3.63) is 60.8 Å². The summed E-state index contributed by atoms with van der Waals surface area (Å²) < 4.78 is 4.94. The first kappa shape index (κ1) is 29.7. The molecule has 0 unspecified atom stereocenters. The number of nitrogens with one attached hydrogen (secondary N) is 1. The number of unbranched alkanes of at least 4 members (excludes halogenated alkanes) is 1. The minimum Gasteiger partial charge on any atom is -0.456 e. The number of ether oxygens (including phenoxy) is 1. The number of amides is 1. The van der Waals surface area contributed by atoms with Crippen molar-refractivity contribution in [3.8, 4) is 0 Å². The average molecular weight is 462 g/mol. The first-order valence-corrected chi connectivity index (χ1v) is 12.4. The maximum Gasteiger partial charge on any atom is 0.306 e. The third-order valence-electron chi connectivity index (χ3n) is 4.00. The quantitative estimate of drug-likeness (QED) is 0.158. The maximum atomic E-state index is 11.6. The van der Waals surface area contributed by atoms with Gasteiger partial charge < -0.3 is 10.1 Å². The molecule has 0 saturated carbocycles. The van der Waals surface area contributed by atoms with E-state index in [-0.39, 0.29) is 23.6 Å². The molecule has 0 aromatic rings. The topological polar surface area (TPSA) is 72.5 Å². The van der Waals surface area contributed by atoms with E-state index in [1.54, 1.807) is 0 Å². The van der Waals surface area contributed by atoms with Crippen LogP contribution in [-0.4, -0.2) is 35.9 Å². The highest BCUT2D eigenvalue weighted by molar-refractivity contribution is 8.13. The number of hydrogen-bond donors (Lipinski definition) is 1. The fourth-order valence-electron chi connectivity index (χ4n) is 2.39. The second kappa shape index (κ2) is 23.3. The molecule has 0 rings (SSSR count). The molecule has 0 bridgehead atoms. The van der Waals surface area contributed by atoms with Crippen LogP contribution in [0.25, 0.3) is 0 Å². The van der Waals surface area contributed by atoms with E-state index in [2.05, 4.69) is 73.0 Å². The number of hydrogen-bond acceptors (Lipinski definition) is 5. The summed E-state index contributed by atoms with van der Waals surface area (Å²) in [5.74, 6) is -0.201. The van der Waals surface area contributed by atoms with Gasteiger partial charge in [0.1, 0.15) is 0 Å². The standard InChI is InChI=1S/C26H39NO4S/c1-3-4-5-6-7-8-9-10-11-12-13-14-15-16-17-18-19-20-26(30)31-23-25(29)27-21-22-32-24(2)28/h4-5,7-8,10-11,13-14,16-17H,3,6,9,12,15,18-23H2,1-2H3,(H,27,29). The summed E-state index contributed by atoms with van der Waals surface area (Å²) in [6.07, 6.45) is 28.2. The second-order valence-electron chi connectivity index (χ2n) is 6.95. The Morgan fingerprint density at radius 2 is 1.34 bits per heavy atom. The monoisotopic (exact) mass is 461 g/mol. The molecule has 0 aliphatic heterocycles. The number of thioether (sulfide) groups is 1. The molecule has 6 heteroatoms. The van der Waals surface area contributed by atoms with Crippen molar-refractivity contribution in [2.45, 2.75) is 65.2 Å². The van der Waals surface area contributed by atoms with Gasteiger partial charge in [0, 0.05) is 25.6 Å². The van der Waals surface area contributed by atoms with Crippen molar-refractivity contribution in [2.24, 2.45) is 0 Å². The van der Waals surface area contributed by atoms with Gasteiger partial charge >= 0.3 is 5.97 Å². The Balaban J connectivity index is 3.59. The highest BCUT2D eigenvalue weighted by Crippen LogP contribution is 2.01. The Morgan fingerprint density at radius 3 is 1.88 bits per heavy atom. The number of esters is 1. The van der Waals surface area contributed by atoms with E-state index in [4.69, 9.17) is 4.74 Å². The van der Waals surface area contributed by atoms with Gasteiger partial charge in [-0.3, -0.25) is 14.4 Å². The third kappa shape index (κ3) is 23.9. The van der Waals surface area contributed by atoms with Crippen molar-refractivity contribution in [2.75, 3.05) is 18.9 Å². The largest absolute Gasteiger partial charge is 0.456 e. The Labute approximate surface area is 198 Å². The van der Waals surface area contributed by atoms with Crippen molar-refractivity contribution in [3.63, 3.8) is 0 Å². The lowest BCUT2D eigenvalue weighted by molar-refractivity contribution is -0.148. The molecule has 5 nitrogen and oxygen atoms in total. The molecule has 32 heavy (non-hydrogen) atoms. The van der Waals surface area contributed by atoms with Gasteiger partial charge in [0.2, 0.25) is 0 Å². The van der Waals surface area contributed by atoms with Crippen LogP contribution in [0.4, 0.5) is 0 Å². The highest BCUT2D eigenvalue weighted by atomic mass is 32.2. The normalized spacial score (nSPS) is 12.1. The van der Waals surface area contributed by atoms with Gasteiger partial charge in [-0.2, -0.15) is 0 Å². The first-order valence-electron chi connectivity index (χ1n) is 11.4. The van der Waals surface area contributed by atoms with Crippen LogP contribution >= 0.6 is 11.8 Å². The lowest BCUT2D eigenvalue weighted by Gasteiger charge is -2.05. The molecule has 0 spiro atoms. The molecule has 0 aliphatic rings. The molecule has 0 heterocycles. The van der Waals surface area contributed by atoms with Gasteiger partial charge in [-0.15, -0.1) is 0 Å². The molecule has 0 aromatic carbocycles. The lowest BCUT2D eigenvalue weighted by Crippen LogP contribution is -2.30. The predicted octanol–water partition coefficient (Wildman–Crippen LogP) is 5.85. The summed E-state index contributed by atoms with van der Waals surface area (Å²) in [5.41, 5.74) is 0. The molecular formula is C26H39NO4S. The fourth-order valence-corrected chi connectivity index (χ4v) is 2.88. The van der Waals surface area contributed by atoms with Crippen molar-refractivity contribution < 1.29 is 19.1 Å². The number of carbonyl (C=O) groups is 3. The van der Waals surface area contributed by atoms with E-state index in [0.717, 1.165) is 50.3 Å². The van der Waals surface area contributed by atoms with Crippen LogP contribution in [-0.2, 0) is 19.1 Å². The van der Waals surface area contributed by atoms with Gasteiger partial charge in [-0.25, -0.2) is 0 Å². The van der Waals surface area contributed by atoms with Crippen molar-refractivity contribution >= 4 is 28.8 Å². The van der Waals surface area contributed by atoms with E-state index < -0.39 is 0 Å². The molecule has 0 aromatic heterocycles. The van der Waals surface area contributed by atoms with E-state index in [1.165, 1.54) is 6.92 Å². The summed E-state index contributed by atoms with van der Waals surface area (Å²) >= 11 is 1.15. The number of carbonyl (C=O) groups excluding carboxylic acids is 3. The average Bonchev–Trinajstić information content (AvgIpc) is 2.77. The Morgan fingerprint density at radius 1 is 0.812 bits per heavy atom. The van der Waals surface area contributed by atoms with E-state index >= 15 is 0 Å². The maximum absolute atomic E-state index is 11.6. The molecular weight excluding hydrogens is 422 g/mol. The van der Waals surface area contributed by atoms with Crippen LogP contribution < -0.4 is 5.32 Å².